The molecule has 21 heavy (non-hydrogen) atoms. The highest BCUT2D eigenvalue weighted by atomic mass is 19.2. The predicted octanol–water partition coefficient (Wildman–Crippen LogP) is 5.22. The molecule has 0 heterocycles. The molecule has 0 amide bonds. The van der Waals surface area contributed by atoms with Crippen LogP contribution in [0.3, 0.4) is 0 Å². The fourth-order valence-corrected chi connectivity index (χ4v) is 2.15. The molecule has 0 aliphatic heterocycles. The summed E-state index contributed by atoms with van der Waals surface area (Å²) < 4.78 is 40.5. The van der Waals surface area contributed by atoms with Gasteiger partial charge >= 0.3 is 0 Å². The van der Waals surface area contributed by atoms with Gasteiger partial charge in [-0.1, -0.05) is 34.6 Å². The van der Waals surface area contributed by atoms with Crippen LogP contribution in [0, 0.1) is 28.8 Å². The largest absolute Gasteiger partial charge is 0.310 e. The van der Waals surface area contributed by atoms with Gasteiger partial charge in [0.15, 0.2) is 11.6 Å². The Hall–Kier alpha value is -1.03. The van der Waals surface area contributed by atoms with Gasteiger partial charge in [-0.15, -0.1) is 0 Å². The van der Waals surface area contributed by atoms with Crippen LogP contribution in [0.2, 0.25) is 0 Å². The third kappa shape index (κ3) is 5.03. The summed E-state index contributed by atoms with van der Waals surface area (Å²) in [6.45, 7) is 11.2. The number of hydrogen-bond acceptors (Lipinski definition) is 1. The summed E-state index contributed by atoms with van der Waals surface area (Å²) in [7, 11) is 0. The standard InChI is InChI=1S/C17H26F3N/c1-6-7-21-16(8-11(2)17(3,4)5)12-9-14(19)15(20)10-13(12)18/h9-11,16,21H,6-8H2,1-5H3. The molecule has 4 heteroatoms. The maximum Gasteiger partial charge on any atom is 0.161 e. The van der Waals surface area contributed by atoms with Gasteiger partial charge in [-0.25, -0.2) is 13.2 Å². The highest BCUT2D eigenvalue weighted by Gasteiger charge is 2.26. The maximum absolute atomic E-state index is 14.0. The molecule has 0 saturated carbocycles. The second kappa shape index (κ2) is 7.30. The lowest BCUT2D eigenvalue weighted by molar-refractivity contribution is 0.221. The normalized spacial score (nSPS) is 15.0. The van der Waals surface area contributed by atoms with E-state index in [-0.39, 0.29) is 17.0 Å². The van der Waals surface area contributed by atoms with Crippen molar-refractivity contribution < 1.29 is 13.2 Å². The number of nitrogens with one attached hydrogen (secondary N) is 1. The lowest BCUT2D eigenvalue weighted by Crippen LogP contribution is -2.29. The maximum atomic E-state index is 14.0. The van der Waals surface area contributed by atoms with Crippen molar-refractivity contribution in [1.82, 2.24) is 5.32 Å². The molecule has 0 bridgehead atoms. The molecule has 0 saturated heterocycles. The topological polar surface area (TPSA) is 12.0 Å². The van der Waals surface area contributed by atoms with Gasteiger partial charge in [-0.3, -0.25) is 0 Å². The van der Waals surface area contributed by atoms with E-state index in [4.69, 9.17) is 0 Å². The summed E-state index contributed by atoms with van der Waals surface area (Å²) in [5.41, 5.74) is 0.278. The first-order chi connectivity index (χ1) is 9.66. The van der Waals surface area contributed by atoms with E-state index < -0.39 is 17.5 Å². The SMILES string of the molecule is CCCNC(CC(C)C(C)(C)C)c1cc(F)c(F)cc1F. The molecule has 0 radical (unpaired) electrons. The summed E-state index contributed by atoms with van der Waals surface area (Å²) in [4.78, 5) is 0. The number of hydrogen-bond donors (Lipinski definition) is 1. The van der Waals surface area contributed by atoms with E-state index in [1.807, 2.05) is 6.92 Å². The Balaban J connectivity index is 3.05. The van der Waals surface area contributed by atoms with E-state index in [0.29, 0.717) is 24.9 Å². The van der Waals surface area contributed by atoms with Crippen LogP contribution in [0.25, 0.3) is 0 Å². The van der Waals surface area contributed by atoms with Crippen LogP contribution in [0.5, 0.6) is 0 Å². The monoisotopic (exact) mass is 301 g/mol. The molecule has 1 aromatic carbocycles. The average molecular weight is 301 g/mol. The average Bonchev–Trinajstić information content (AvgIpc) is 2.37. The first-order valence-corrected chi connectivity index (χ1v) is 7.54. The Labute approximate surface area is 125 Å². The zero-order valence-electron chi connectivity index (χ0n) is 13.6. The fraction of sp³-hybridized carbons (Fsp3) is 0.647. The van der Waals surface area contributed by atoms with Gasteiger partial charge in [0.2, 0.25) is 0 Å². The second-order valence-electron chi connectivity index (χ2n) is 6.80. The number of rotatable bonds is 6. The van der Waals surface area contributed by atoms with Crippen LogP contribution in [0.1, 0.15) is 59.1 Å². The molecule has 0 aliphatic carbocycles. The van der Waals surface area contributed by atoms with Gasteiger partial charge < -0.3 is 5.32 Å². The Bertz CT molecular complexity index is 466. The zero-order valence-corrected chi connectivity index (χ0v) is 13.6. The molecule has 0 aromatic heterocycles. The summed E-state index contributed by atoms with van der Waals surface area (Å²) >= 11 is 0. The zero-order chi connectivity index (χ0) is 16.2. The molecule has 1 nitrogen and oxygen atoms in total. The van der Waals surface area contributed by atoms with Gasteiger partial charge in [0.25, 0.3) is 0 Å². The van der Waals surface area contributed by atoms with Crippen LogP contribution in [-0.2, 0) is 0 Å². The lowest BCUT2D eigenvalue weighted by atomic mass is 9.77. The molecule has 2 unspecified atom stereocenters. The van der Waals surface area contributed by atoms with Crippen molar-refractivity contribution in [3.8, 4) is 0 Å². The minimum absolute atomic E-state index is 0.0706. The van der Waals surface area contributed by atoms with Crippen molar-refractivity contribution >= 4 is 0 Å². The molecule has 1 rings (SSSR count). The molecular weight excluding hydrogens is 275 g/mol. The first kappa shape index (κ1) is 18.0. The van der Waals surface area contributed by atoms with Crippen molar-refractivity contribution in [2.75, 3.05) is 6.54 Å². The summed E-state index contributed by atoms with van der Waals surface area (Å²) in [6.07, 6.45) is 1.57. The quantitative estimate of drug-likeness (QED) is 0.711. The molecule has 2 atom stereocenters. The van der Waals surface area contributed by atoms with Gasteiger partial charge in [-0.2, -0.15) is 0 Å². The molecule has 1 aromatic rings. The van der Waals surface area contributed by atoms with Crippen LogP contribution < -0.4 is 5.32 Å². The van der Waals surface area contributed by atoms with Crippen molar-refractivity contribution in [2.45, 2.75) is 53.5 Å². The van der Waals surface area contributed by atoms with E-state index in [2.05, 4.69) is 33.0 Å². The van der Waals surface area contributed by atoms with Crippen molar-refractivity contribution in [2.24, 2.45) is 11.3 Å². The summed E-state index contributed by atoms with van der Waals surface area (Å²) in [6, 6.07) is 1.30. The molecule has 120 valence electrons. The predicted molar refractivity (Wildman–Crippen MR) is 80.6 cm³/mol. The summed E-state index contributed by atoms with van der Waals surface area (Å²) in [5, 5.41) is 3.25. The van der Waals surface area contributed by atoms with E-state index in [0.717, 1.165) is 12.5 Å². The van der Waals surface area contributed by atoms with E-state index >= 15 is 0 Å². The third-order valence-corrected chi connectivity index (χ3v) is 4.12. The Morgan fingerprint density at radius 3 is 2.14 bits per heavy atom. The fourth-order valence-electron chi connectivity index (χ4n) is 2.15. The van der Waals surface area contributed by atoms with Gasteiger partial charge in [0, 0.05) is 17.7 Å². The molecular formula is C17H26F3N. The lowest BCUT2D eigenvalue weighted by Gasteiger charge is -2.31. The Kier molecular flexibility index (Phi) is 6.26. The molecule has 1 N–H and O–H groups in total. The van der Waals surface area contributed by atoms with Gasteiger partial charge in [0.05, 0.1) is 0 Å². The van der Waals surface area contributed by atoms with Crippen LogP contribution in [0.4, 0.5) is 13.2 Å². The minimum atomic E-state index is -1.14. The Morgan fingerprint density at radius 2 is 1.62 bits per heavy atom. The van der Waals surface area contributed by atoms with E-state index in [9.17, 15) is 13.2 Å². The van der Waals surface area contributed by atoms with Crippen molar-refractivity contribution in [3.63, 3.8) is 0 Å². The second-order valence-corrected chi connectivity index (χ2v) is 6.80. The highest BCUT2D eigenvalue weighted by Crippen LogP contribution is 2.34. The summed E-state index contributed by atoms with van der Waals surface area (Å²) in [5.74, 6) is -2.53. The smallest absolute Gasteiger partial charge is 0.161 e. The molecule has 0 spiro atoms. The van der Waals surface area contributed by atoms with Gasteiger partial charge in [-0.05, 0) is 36.8 Å². The van der Waals surface area contributed by atoms with Crippen molar-refractivity contribution in [1.29, 1.82) is 0 Å². The van der Waals surface area contributed by atoms with Crippen LogP contribution in [-0.4, -0.2) is 6.54 Å². The minimum Gasteiger partial charge on any atom is -0.310 e. The van der Waals surface area contributed by atoms with Crippen LogP contribution in [0.15, 0.2) is 12.1 Å². The third-order valence-electron chi connectivity index (χ3n) is 4.12. The highest BCUT2D eigenvalue weighted by molar-refractivity contribution is 5.23. The molecule has 0 fully saturated rings. The van der Waals surface area contributed by atoms with Gasteiger partial charge in [0.1, 0.15) is 5.82 Å². The number of halogens is 3. The van der Waals surface area contributed by atoms with Crippen molar-refractivity contribution in [3.05, 3.63) is 35.1 Å². The first-order valence-electron chi connectivity index (χ1n) is 7.54. The van der Waals surface area contributed by atoms with E-state index in [1.165, 1.54) is 0 Å². The van der Waals surface area contributed by atoms with E-state index in [1.54, 1.807) is 0 Å². The Morgan fingerprint density at radius 1 is 1.05 bits per heavy atom. The van der Waals surface area contributed by atoms with Crippen LogP contribution >= 0.6 is 0 Å². The number of benzene rings is 1. The molecule has 0 aliphatic rings.